The van der Waals surface area contributed by atoms with Crippen LogP contribution < -0.4 is 10.2 Å². The lowest BCUT2D eigenvalue weighted by Crippen LogP contribution is -2.30. The Balaban J connectivity index is 1.32. The van der Waals surface area contributed by atoms with E-state index in [1.807, 2.05) is 40.6 Å². The van der Waals surface area contributed by atoms with E-state index >= 15 is 0 Å². The molecule has 2 N–H and O–H groups in total. The number of aromatic hydroxyl groups is 1. The minimum atomic E-state index is -1.33. The van der Waals surface area contributed by atoms with Crippen molar-refractivity contribution in [2.75, 3.05) is 31.2 Å². The summed E-state index contributed by atoms with van der Waals surface area (Å²) in [5, 5.41) is 19.0. The summed E-state index contributed by atoms with van der Waals surface area (Å²) in [7, 11) is -2.65. The van der Waals surface area contributed by atoms with Crippen LogP contribution in [0.15, 0.2) is 48.9 Å². The molecule has 3 aromatic heterocycles. The summed E-state index contributed by atoms with van der Waals surface area (Å²) in [4.78, 5) is 29.4. The number of aromatic nitrogens is 6. The number of nitrogens with one attached hydrogen (secondary N) is 1. The van der Waals surface area contributed by atoms with Gasteiger partial charge in [-0.2, -0.15) is 5.10 Å². The number of piperidine rings is 1. The molecule has 0 unspecified atom stereocenters. The van der Waals surface area contributed by atoms with Crippen LogP contribution in [0, 0.1) is 5.82 Å². The lowest BCUT2D eigenvalue weighted by molar-refractivity contribution is 0.0816. The summed E-state index contributed by atoms with van der Waals surface area (Å²) in [6.45, 7) is 19.7. The van der Waals surface area contributed by atoms with Crippen LogP contribution in [0.2, 0.25) is 51.4 Å². The molecule has 4 heterocycles. The van der Waals surface area contributed by atoms with Crippen molar-refractivity contribution in [3.63, 3.8) is 0 Å². The molecule has 0 radical (unpaired) electrons. The number of ether oxygens (including phenoxy) is 2. The number of fused-ring (bicyclic) bond motifs is 1. The average Bonchev–Trinajstić information content (AvgIpc) is 3.75. The van der Waals surface area contributed by atoms with E-state index in [1.165, 1.54) is 24.8 Å². The van der Waals surface area contributed by atoms with Crippen molar-refractivity contribution < 1.29 is 23.8 Å². The van der Waals surface area contributed by atoms with E-state index in [0.29, 0.717) is 42.4 Å². The second-order valence-corrected chi connectivity index (χ2v) is 28.3. The topological polar surface area (TPSA) is 132 Å². The molecule has 1 fully saturated rings. The summed E-state index contributed by atoms with van der Waals surface area (Å²) >= 11 is 0. The summed E-state index contributed by atoms with van der Waals surface area (Å²) in [6.07, 6.45) is 9.21. The number of hydrogen-bond acceptors (Lipinski definition) is 9. The first-order valence-electron chi connectivity index (χ1n) is 19.8. The smallest absolute Gasteiger partial charge is 0.271 e. The maximum absolute atomic E-state index is 14.7. The Morgan fingerprint density at radius 1 is 0.929 bits per heavy atom. The average molecular weight is 801 g/mol. The van der Waals surface area contributed by atoms with Crippen LogP contribution in [-0.4, -0.2) is 82.8 Å². The molecular weight excluding hydrogens is 744 g/mol. The zero-order chi connectivity index (χ0) is 40.0. The number of carbonyl (C=O) groups is 1. The Bertz CT molecular complexity index is 2120. The van der Waals surface area contributed by atoms with Crippen LogP contribution in [0.4, 0.5) is 10.2 Å². The first kappa shape index (κ1) is 41.2. The number of phenolic OH excluding ortho intramolecular Hbond substituents is 1. The standard InChI is InChI=1S/C41H57FN8O4Si2/c1-8-29-21-37(51)34(42)22-33(29)30-12-13-32-36(20-30)50(28-54-17-19-56(5,6)7)47-39(32)40-46-31(26-49(40)27-53-16-18-55(2,3)4)23-45-41(52)35-24-44-38(25-43-35)48-14-10-9-11-15-48/h12-13,20-22,24-26,51H,8-11,14-19,23,27-28H2,1-7H3,(H,45,52). The van der Waals surface area contributed by atoms with Gasteiger partial charge in [-0.15, -0.1) is 0 Å². The van der Waals surface area contributed by atoms with Crippen LogP contribution in [0.3, 0.4) is 0 Å². The van der Waals surface area contributed by atoms with Crippen molar-refractivity contribution in [2.45, 2.75) is 104 Å². The minimum Gasteiger partial charge on any atom is -0.505 e. The molecule has 1 aliphatic rings. The molecule has 1 aliphatic heterocycles. The molecule has 300 valence electrons. The Morgan fingerprint density at radius 2 is 1.64 bits per heavy atom. The number of phenols is 1. The van der Waals surface area contributed by atoms with Crippen molar-refractivity contribution in [2.24, 2.45) is 0 Å². The van der Waals surface area contributed by atoms with Gasteiger partial charge in [-0.25, -0.2) is 24.0 Å². The Morgan fingerprint density at radius 3 is 2.30 bits per heavy atom. The van der Waals surface area contributed by atoms with E-state index in [-0.39, 0.29) is 37.4 Å². The van der Waals surface area contributed by atoms with E-state index in [2.05, 4.69) is 59.5 Å². The molecule has 0 saturated carbocycles. The van der Waals surface area contributed by atoms with E-state index in [1.54, 1.807) is 6.20 Å². The fraction of sp³-hybridized carbons (Fsp3) is 0.488. The van der Waals surface area contributed by atoms with Crippen molar-refractivity contribution in [3.05, 3.63) is 71.7 Å². The molecular formula is C41H57FN8O4Si2. The monoisotopic (exact) mass is 800 g/mol. The maximum Gasteiger partial charge on any atom is 0.271 e. The quantitative estimate of drug-likeness (QED) is 0.0704. The summed E-state index contributed by atoms with van der Waals surface area (Å²) < 4.78 is 30.9. The highest BCUT2D eigenvalue weighted by Gasteiger charge is 2.22. The fourth-order valence-electron chi connectivity index (χ4n) is 6.67. The maximum atomic E-state index is 14.7. The third-order valence-corrected chi connectivity index (χ3v) is 13.5. The van der Waals surface area contributed by atoms with Gasteiger partial charge in [0.05, 0.1) is 30.1 Å². The number of anilines is 1. The molecule has 0 atom stereocenters. The summed E-state index contributed by atoms with van der Waals surface area (Å²) in [6, 6.07) is 10.8. The number of amides is 1. The van der Waals surface area contributed by atoms with E-state index < -0.39 is 22.0 Å². The fourth-order valence-corrected chi connectivity index (χ4v) is 8.18. The minimum absolute atomic E-state index is 0.165. The predicted molar refractivity (Wildman–Crippen MR) is 225 cm³/mol. The van der Waals surface area contributed by atoms with Gasteiger partial charge in [0.2, 0.25) is 0 Å². The highest BCUT2D eigenvalue weighted by molar-refractivity contribution is 6.76. The highest BCUT2D eigenvalue weighted by atomic mass is 28.3. The Labute approximate surface area is 331 Å². The van der Waals surface area contributed by atoms with E-state index in [4.69, 9.17) is 19.6 Å². The molecule has 15 heteroatoms. The molecule has 1 amide bonds. The van der Waals surface area contributed by atoms with Crippen LogP contribution in [-0.2, 0) is 35.9 Å². The number of imidazole rings is 1. The van der Waals surface area contributed by atoms with Gasteiger partial charge in [0, 0.05) is 54.0 Å². The van der Waals surface area contributed by atoms with Gasteiger partial charge >= 0.3 is 0 Å². The summed E-state index contributed by atoms with van der Waals surface area (Å²) in [5.41, 5.74) is 4.67. The van der Waals surface area contributed by atoms with Crippen LogP contribution in [0.5, 0.6) is 5.75 Å². The zero-order valence-corrected chi connectivity index (χ0v) is 36.0. The largest absolute Gasteiger partial charge is 0.505 e. The molecule has 2 aromatic carbocycles. The van der Waals surface area contributed by atoms with Crippen LogP contribution in [0.25, 0.3) is 33.5 Å². The van der Waals surface area contributed by atoms with Gasteiger partial charge in [-0.05, 0) is 78.7 Å². The molecule has 0 bridgehead atoms. The van der Waals surface area contributed by atoms with E-state index in [0.717, 1.165) is 65.9 Å². The molecule has 12 nitrogen and oxygen atoms in total. The Kier molecular flexibility index (Phi) is 13.1. The number of nitrogens with zero attached hydrogens (tertiary/aromatic N) is 7. The molecule has 5 aromatic rings. The molecule has 56 heavy (non-hydrogen) atoms. The van der Waals surface area contributed by atoms with Gasteiger partial charge in [-0.1, -0.05) is 52.3 Å². The molecule has 1 saturated heterocycles. The summed E-state index contributed by atoms with van der Waals surface area (Å²) in [5.74, 6) is 0.0226. The number of halogens is 1. The SMILES string of the molecule is CCc1cc(O)c(F)cc1-c1ccc2c(-c3nc(CNC(=O)c4cnc(N5CCCCC5)cn4)cn3COCC[Si](C)(C)C)nn(COCC[Si](C)(C)C)c2c1. The van der Waals surface area contributed by atoms with Gasteiger partial charge in [-0.3, -0.25) is 4.79 Å². The second-order valence-electron chi connectivity index (χ2n) is 17.1. The van der Waals surface area contributed by atoms with Gasteiger partial charge < -0.3 is 29.4 Å². The molecule has 0 spiro atoms. The molecule has 6 rings (SSSR count). The second kappa shape index (κ2) is 17.8. The van der Waals surface area contributed by atoms with Crippen molar-refractivity contribution >= 4 is 38.8 Å². The third kappa shape index (κ3) is 10.5. The van der Waals surface area contributed by atoms with Crippen LogP contribution >= 0.6 is 0 Å². The normalized spacial score (nSPS) is 13.8. The first-order valence-corrected chi connectivity index (χ1v) is 27.2. The van der Waals surface area contributed by atoms with Crippen molar-refractivity contribution in [3.8, 4) is 28.4 Å². The van der Waals surface area contributed by atoms with Crippen LogP contribution in [0.1, 0.15) is 47.9 Å². The highest BCUT2D eigenvalue weighted by Crippen LogP contribution is 2.35. The third-order valence-electron chi connectivity index (χ3n) is 10.1. The first-order chi connectivity index (χ1) is 26.7. The van der Waals surface area contributed by atoms with Gasteiger partial charge in [0.25, 0.3) is 5.91 Å². The Hall–Kier alpha value is -4.45. The van der Waals surface area contributed by atoms with Crippen molar-refractivity contribution in [1.82, 2.24) is 34.6 Å². The van der Waals surface area contributed by atoms with Gasteiger partial charge in [0.15, 0.2) is 17.4 Å². The number of carbonyl (C=O) groups excluding carboxylic acids is 1. The number of rotatable bonds is 17. The van der Waals surface area contributed by atoms with Gasteiger partial charge in [0.1, 0.15) is 30.7 Å². The van der Waals surface area contributed by atoms with E-state index in [9.17, 15) is 14.3 Å². The predicted octanol–water partition coefficient (Wildman–Crippen LogP) is 8.31. The number of aryl methyl sites for hydroxylation is 1. The van der Waals surface area contributed by atoms with Crippen molar-refractivity contribution in [1.29, 1.82) is 0 Å². The molecule has 0 aliphatic carbocycles. The number of hydrogen-bond donors (Lipinski definition) is 2. The lowest BCUT2D eigenvalue weighted by atomic mass is 9.96. The lowest BCUT2D eigenvalue weighted by Gasteiger charge is -2.27. The zero-order valence-electron chi connectivity index (χ0n) is 34.0. The number of benzene rings is 2.